The maximum atomic E-state index is 9.73. The van der Waals surface area contributed by atoms with Crippen molar-refractivity contribution in [3.63, 3.8) is 0 Å². The normalized spacial score (nSPS) is 15.2. The number of unbranched alkanes of at least 4 members (excludes halogenated alkanes) is 1. The summed E-state index contributed by atoms with van der Waals surface area (Å²) < 4.78 is 3.95. The molecule has 0 aliphatic carbocycles. The molecule has 0 amide bonds. The summed E-state index contributed by atoms with van der Waals surface area (Å²) in [7, 11) is 0. The Labute approximate surface area is 216 Å². The van der Waals surface area contributed by atoms with Gasteiger partial charge in [0.15, 0.2) is 5.82 Å². The summed E-state index contributed by atoms with van der Waals surface area (Å²) >= 11 is 0. The molecule has 0 bridgehead atoms. The zero-order chi connectivity index (χ0) is 25.2. The molecule has 1 fully saturated rings. The van der Waals surface area contributed by atoms with Gasteiger partial charge in [0.1, 0.15) is 11.8 Å². The lowest BCUT2D eigenvalue weighted by molar-refractivity contribution is 0.0818. The molecule has 1 aliphatic rings. The molecule has 0 radical (unpaired) electrons. The Bertz CT molecular complexity index is 1500. The lowest BCUT2D eigenvalue weighted by Crippen LogP contribution is -2.36. The van der Waals surface area contributed by atoms with Crippen molar-refractivity contribution in [1.29, 1.82) is 0 Å². The van der Waals surface area contributed by atoms with Crippen LogP contribution in [0, 0.1) is 0 Å². The average Bonchev–Trinajstić information content (AvgIpc) is 3.49. The van der Waals surface area contributed by atoms with Crippen molar-refractivity contribution in [2.75, 3.05) is 25.4 Å². The Balaban J connectivity index is 1.22. The van der Waals surface area contributed by atoms with Gasteiger partial charge in [-0.15, -0.1) is 0 Å². The first-order valence-electron chi connectivity index (χ1n) is 13.2. The Morgan fingerprint density at radius 1 is 1.00 bits per heavy atom. The number of nitrogen functional groups attached to an aromatic ring is 1. The number of likely N-dealkylation sites (tertiary alicyclic amines) is 1. The Hall–Kier alpha value is -3.75. The molecular weight excluding hydrogens is 462 g/mol. The lowest BCUT2D eigenvalue weighted by atomic mass is 10.0. The highest BCUT2D eigenvalue weighted by molar-refractivity contribution is 5.92. The van der Waals surface area contributed by atoms with Crippen molar-refractivity contribution < 1.29 is 5.11 Å². The highest BCUT2D eigenvalue weighted by atomic mass is 16.3. The van der Waals surface area contributed by atoms with E-state index in [9.17, 15) is 5.11 Å². The van der Waals surface area contributed by atoms with Gasteiger partial charge in [-0.25, -0.2) is 9.50 Å². The molecule has 8 nitrogen and oxygen atoms in total. The number of aliphatic hydroxyl groups excluding tert-OH is 1. The van der Waals surface area contributed by atoms with E-state index in [2.05, 4.69) is 69.7 Å². The molecular formula is C29H33N7O. The van der Waals surface area contributed by atoms with Crippen LogP contribution in [-0.2, 0) is 13.0 Å². The predicted octanol–water partition coefficient (Wildman–Crippen LogP) is 4.16. The fraction of sp³-hybridized carbons (Fsp3) is 0.345. The van der Waals surface area contributed by atoms with Gasteiger partial charge in [0.25, 0.3) is 0 Å². The number of anilines is 1. The van der Waals surface area contributed by atoms with Crippen LogP contribution in [0.25, 0.3) is 27.5 Å². The number of piperidine rings is 1. The first-order chi connectivity index (χ1) is 18.1. The van der Waals surface area contributed by atoms with Gasteiger partial charge in [0.2, 0.25) is 0 Å². The van der Waals surface area contributed by atoms with Gasteiger partial charge in [-0.2, -0.15) is 10.2 Å². The minimum absolute atomic E-state index is 0.122. The van der Waals surface area contributed by atoms with Crippen molar-refractivity contribution in [3.05, 3.63) is 78.4 Å². The van der Waals surface area contributed by atoms with E-state index >= 15 is 0 Å². The number of rotatable bonds is 8. The molecule has 8 heteroatoms. The van der Waals surface area contributed by atoms with Crippen molar-refractivity contribution in [3.8, 4) is 11.1 Å². The molecule has 3 N–H and O–H groups in total. The number of benzene rings is 2. The highest BCUT2D eigenvalue weighted by Crippen LogP contribution is 2.32. The summed E-state index contributed by atoms with van der Waals surface area (Å²) in [5.41, 5.74) is 12.6. The van der Waals surface area contributed by atoms with Crippen molar-refractivity contribution in [2.45, 2.75) is 44.8 Å². The minimum Gasteiger partial charge on any atom is -0.393 e. The highest BCUT2D eigenvalue weighted by Gasteiger charge is 2.18. The third-order valence-electron chi connectivity index (χ3n) is 7.42. The van der Waals surface area contributed by atoms with Gasteiger partial charge in [0, 0.05) is 35.9 Å². The molecule has 0 atom stereocenters. The summed E-state index contributed by atoms with van der Waals surface area (Å²) in [6, 6.07) is 19.0. The largest absolute Gasteiger partial charge is 0.393 e. The third-order valence-corrected chi connectivity index (χ3v) is 7.42. The van der Waals surface area contributed by atoms with Crippen LogP contribution < -0.4 is 5.73 Å². The molecule has 1 aliphatic heterocycles. The first kappa shape index (κ1) is 23.6. The van der Waals surface area contributed by atoms with Crippen molar-refractivity contribution in [2.24, 2.45) is 0 Å². The third kappa shape index (κ3) is 5.08. The van der Waals surface area contributed by atoms with Crippen LogP contribution in [0.2, 0.25) is 0 Å². The molecule has 0 unspecified atom stereocenters. The van der Waals surface area contributed by atoms with E-state index in [0.717, 1.165) is 91.5 Å². The van der Waals surface area contributed by atoms with Crippen LogP contribution in [0.15, 0.2) is 67.1 Å². The smallest absolute Gasteiger partial charge is 0.151 e. The summed E-state index contributed by atoms with van der Waals surface area (Å²) in [5.74, 6) is 0.484. The second-order valence-electron chi connectivity index (χ2n) is 10.1. The van der Waals surface area contributed by atoms with Crippen molar-refractivity contribution >= 4 is 22.2 Å². The van der Waals surface area contributed by atoms with E-state index in [-0.39, 0.29) is 6.10 Å². The van der Waals surface area contributed by atoms with Gasteiger partial charge >= 0.3 is 0 Å². The monoisotopic (exact) mass is 495 g/mol. The molecule has 6 rings (SSSR count). The number of hydrogen-bond donors (Lipinski definition) is 2. The quantitative estimate of drug-likeness (QED) is 0.314. The van der Waals surface area contributed by atoms with Crippen LogP contribution >= 0.6 is 0 Å². The molecule has 2 aromatic carbocycles. The lowest BCUT2D eigenvalue weighted by Gasteiger charge is -2.29. The van der Waals surface area contributed by atoms with E-state index in [4.69, 9.17) is 10.8 Å². The SMILES string of the molecule is Nc1ncnn2c(CCCCN3CCC(O)CC3)cc(-c3ccc4cn(Cc5ccccc5)nc4c3)c12. The topological polar surface area (TPSA) is 97.5 Å². The number of nitrogens with zero attached hydrogens (tertiary/aromatic N) is 6. The molecule has 3 aromatic heterocycles. The van der Waals surface area contributed by atoms with Gasteiger partial charge in [-0.1, -0.05) is 42.5 Å². The van der Waals surface area contributed by atoms with E-state index in [1.54, 1.807) is 0 Å². The molecule has 1 saturated heterocycles. The summed E-state index contributed by atoms with van der Waals surface area (Å²) in [5, 5.41) is 20.2. The number of aryl methyl sites for hydroxylation is 1. The predicted molar refractivity (Wildman–Crippen MR) is 146 cm³/mol. The molecule has 0 spiro atoms. The van der Waals surface area contributed by atoms with Crippen LogP contribution in [-0.4, -0.2) is 60.1 Å². The van der Waals surface area contributed by atoms with Crippen LogP contribution in [0.5, 0.6) is 0 Å². The van der Waals surface area contributed by atoms with E-state index in [1.807, 2.05) is 15.3 Å². The van der Waals surface area contributed by atoms with Crippen LogP contribution in [0.4, 0.5) is 5.82 Å². The molecule has 5 aromatic rings. The van der Waals surface area contributed by atoms with Crippen LogP contribution in [0.3, 0.4) is 0 Å². The second-order valence-corrected chi connectivity index (χ2v) is 10.1. The Morgan fingerprint density at radius 3 is 2.68 bits per heavy atom. The Kier molecular flexibility index (Phi) is 6.59. The van der Waals surface area contributed by atoms with Gasteiger partial charge < -0.3 is 15.7 Å². The summed E-state index contributed by atoms with van der Waals surface area (Å²) in [4.78, 5) is 6.74. The number of aliphatic hydroxyl groups is 1. The van der Waals surface area contributed by atoms with Gasteiger partial charge in [-0.05, 0) is 61.9 Å². The minimum atomic E-state index is -0.122. The molecule has 0 saturated carbocycles. The van der Waals surface area contributed by atoms with E-state index in [0.29, 0.717) is 5.82 Å². The fourth-order valence-corrected chi connectivity index (χ4v) is 5.40. The molecule has 190 valence electrons. The maximum absolute atomic E-state index is 9.73. The fourth-order valence-electron chi connectivity index (χ4n) is 5.40. The number of hydrogen-bond acceptors (Lipinski definition) is 6. The maximum Gasteiger partial charge on any atom is 0.151 e. The average molecular weight is 496 g/mol. The van der Waals surface area contributed by atoms with Gasteiger partial charge in [-0.3, -0.25) is 4.68 Å². The summed E-state index contributed by atoms with van der Waals surface area (Å²) in [6.45, 7) is 3.80. The van der Waals surface area contributed by atoms with E-state index in [1.165, 1.54) is 11.9 Å². The van der Waals surface area contributed by atoms with Gasteiger partial charge in [0.05, 0.1) is 18.2 Å². The van der Waals surface area contributed by atoms with Crippen molar-refractivity contribution in [1.82, 2.24) is 29.3 Å². The standard InChI is InChI=1S/C29H33N7O/c30-29-28-26(22-9-10-23-19-35(33-27(23)16-22)18-21-6-2-1-3-7-21)17-24(36(28)32-20-31-29)8-4-5-13-34-14-11-25(37)12-15-34/h1-3,6-7,9-10,16-17,19-20,25,37H,4-5,8,11-15,18H2,(H2,30,31,32). The first-order valence-corrected chi connectivity index (χ1v) is 13.2. The second kappa shape index (κ2) is 10.3. The zero-order valence-electron chi connectivity index (χ0n) is 21.0. The van der Waals surface area contributed by atoms with Crippen LogP contribution in [0.1, 0.15) is 36.9 Å². The number of fused-ring (bicyclic) bond motifs is 2. The number of nitrogens with two attached hydrogens (primary N) is 1. The van der Waals surface area contributed by atoms with E-state index < -0.39 is 0 Å². The Morgan fingerprint density at radius 2 is 1.84 bits per heavy atom. The summed E-state index contributed by atoms with van der Waals surface area (Å²) in [6.07, 6.45) is 8.38. The zero-order valence-corrected chi connectivity index (χ0v) is 21.0. The molecule has 37 heavy (non-hydrogen) atoms. The number of aromatic nitrogens is 5. The molecule has 4 heterocycles.